The van der Waals surface area contributed by atoms with Crippen LogP contribution in [0.15, 0.2) is 6.07 Å². The average molecular weight is 210 g/mol. The number of ether oxygens (including phenoxy) is 1. The van der Waals surface area contributed by atoms with Gasteiger partial charge in [0.1, 0.15) is 5.82 Å². The maximum atomic E-state index is 11.2. The summed E-state index contributed by atoms with van der Waals surface area (Å²) in [4.78, 5) is 19.2. The molecule has 82 valence electrons. The second-order valence-corrected chi connectivity index (χ2v) is 2.96. The fourth-order valence-corrected chi connectivity index (χ4v) is 1.04. The number of aromatic nitrogens is 2. The van der Waals surface area contributed by atoms with E-state index >= 15 is 0 Å². The predicted octanol–water partition coefficient (Wildman–Crippen LogP) is -0.0485. The highest BCUT2D eigenvalue weighted by Gasteiger charge is 2.05. The van der Waals surface area contributed by atoms with Crippen molar-refractivity contribution in [3.63, 3.8) is 0 Å². The standard InChI is InChI=1S/C9H14N4O2/c1-6-4-7(12-8(14)5-10-2)13-9(11-6)15-3/h4,10H,5H2,1-3H3,(H,11,12,13,14). The summed E-state index contributed by atoms with van der Waals surface area (Å²) in [5, 5.41) is 5.37. The van der Waals surface area contributed by atoms with E-state index in [1.807, 2.05) is 0 Å². The number of nitrogens with zero attached hydrogens (tertiary/aromatic N) is 2. The fourth-order valence-electron chi connectivity index (χ4n) is 1.04. The van der Waals surface area contributed by atoms with E-state index in [2.05, 4.69) is 20.6 Å². The van der Waals surface area contributed by atoms with Crippen LogP contribution in [-0.4, -0.2) is 36.6 Å². The Morgan fingerprint density at radius 3 is 2.87 bits per heavy atom. The van der Waals surface area contributed by atoms with Gasteiger partial charge in [-0.15, -0.1) is 0 Å². The second kappa shape index (κ2) is 5.26. The van der Waals surface area contributed by atoms with E-state index in [1.165, 1.54) is 7.11 Å². The number of nitrogens with one attached hydrogen (secondary N) is 2. The van der Waals surface area contributed by atoms with Gasteiger partial charge in [-0.05, 0) is 14.0 Å². The number of methoxy groups -OCH3 is 1. The van der Waals surface area contributed by atoms with Gasteiger partial charge in [-0.25, -0.2) is 4.98 Å². The van der Waals surface area contributed by atoms with Crippen molar-refractivity contribution in [3.8, 4) is 6.01 Å². The summed E-state index contributed by atoms with van der Waals surface area (Å²) in [6.45, 7) is 2.04. The van der Waals surface area contributed by atoms with Crippen molar-refractivity contribution in [2.45, 2.75) is 6.92 Å². The van der Waals surface area contributed by atoms with Gasteiger partial charge in [0.05, 0.1) is 13.7 Å². The van der Waals surface area contributed by atoms with Gasteiger partial charge in [0, 0.05) is 11.8 Å². The molecule has 0 aliphatic rings. The minimum absolute atomic E-state index is 0.155. The third kappa shape index (κ3) is 3.51. The summed E-state index contributed by atoms with van der Waals surface area (Å²) in [7, 11) is 3.18. The molecule has 1 heterocycles. The third-order valence-electron chi connectivity index (χ3n) is 1.62. The topological polar surface area (TPSA) is 76.1 Å². The molecule has 0 aliphatic carbocycles. The Bertz CT molecular complexity index is 354. The highest BCUT2D eigenvalue weighted by molar-refractivity contribution is 5.91. The Morgan fingerprint density at radius 1 is 1.53 bits per heavy atom. The molecule has 1 aromatic heterocycles. The van der Waals surface area contributed by atoms with Gasteiger partial charge in [-0.2, -0.15) is 4.98 Å². The molecule has 15 heavy (non-hydrogen) atoms. The Labute approximate surface area is 88.1 Å². The quantitative estimate of drug-likeness (QED) is 0.728. The van der Waals surface area contributed by atoms with Gasteiger partial charge in [-0.1, -0.05) is 0 Å². The van der Waals surface area contributed by atoms with Crippen molar-refractivity contribution in [2.75, 3.05) is 26.0 Å². The Morgan fingerprint density at radius 2 is 2.27 bits per heavy atom. The predicted molar refractivity (Wildman–Crippen MR) is 55.9 cm³/mol. The number of carbonyl (C=O) groups excluding carboxylic acids is 1. The Hall–Kier alpha value is -1.69. The van der Waals surface area contributed by atoms with Crippen LogP contribution in [-0.2, 0) is 4.79 Å². The van der Waals surface area contributed by atoms with E-state index in [4.69, 9.17) is 4.74 Å². The molecule has 0 bridgehead atoms. The summed E-state index contributed by atoms with van der Waals surface area (Å²) in [5.41, 5.74) is 0.738. The molecular formula is C9H14N4O2. The van der Waals surface area contributed by atoms with Crippen LogP contribution in [0.5, 0.6) is 6.01 Å². The Kier molecular flexibility index (Phi) is 3.99. The number of hydrogen-bond acceptors (Lipinski definition) is 5. The largest absolute Gasteiger partial charge is 0.467 e. The van der Waals surface area contributed by atoms with Crippen molar-refractivity contribution in [3.05, 3.63) is 11.8 Å². The van der Waals surface area contributed by atoms with Gasteiger partial charge in [0.2, 0.25) is 5.91 Å². The summed E-state index contributed by atoms with van der Waals surface area (Å²) >= 11 is 0. The van der Waals surface area contributed by atoms with Crippen molar-refractivity contribution in [1.82, 2.24) is 15.3 Å². The SMILES string of the molecule is CNCC(=O)Nc1cc(C)nc(OC)n1. The third-order valence-corrected chi connectivity index (χ3v) is 1.62. The zero-order valence-corrected chi connectivity index (χ0v) is 9.00. The number of likely N-dealkylation sites (N-methyl/N-ethyl adjacent to an activating group) is 1. The van der Waals surface area contributed by atoms with E-state index in [-0.39, 0.29) is 18.5 Å². The first kappa shape index (κ1) is 11.4. The normalized spacial score (nSPS) is 9.80. The van der Waals surface area contributed by atoms with E-state index < -0.39 is 0 Å². The number of anilines is 1. The summed E-state index contributed by atoms with van der Waals surface area (Å²) in [5.74, 6) is 0.289. The maximum Gasteiger partial charge on any atom is 0.318 e. The summed E-state index contributed by atoms with van der Waals surface area (Å²) < 4.78 is 4.89. The number of carbonyl (C=O) groups is 1. The van der Waals surface area contributed by atoms with Crippen LogP contribution in [0.1, 0.15) is 5.69 Å². The zero-order chi connectivity index (χ0) is 11.3. The molecule has 0 unspecified atom stereocenters. The fraction of sp³-hybridized carbons (Fsp3) is 0.444. The number of amides is 1. The molecule has 0 radical (unpaired) electrons. The van der Waals surface area contributed by atoms with Crippen LogP contribution in [0.25, 0.3) is 0 Å². The minimum Gasteiger partial charge on any atom is -0.467 e. The summed E-state index contributed by atoms with van der Waals surface area (Å²) in [6.07, 6.45) is 0. The molecule has 0 aliphatic heterocycles. The zero-order valence-electron chi connectivity index (χ0n) is 9.00. The number of hydrogen-bond donors (Lipinski definition) is 2. The van der Waals surface area contributed by atoms with E-state index in [0.29, 0.717) is 5.82 Å². The summed E-state index contributed by atoms with van der Waals surface area (Å²) in [6, 6.07) is 1.92. The first-order valence-electron chi connectivity index (χ1n) is 4.50. The monoisotopic (exact) mass is 210 g/mol. The highest BCUT2D eigenvalue weighted by atomic mass is 16.5. The van der Waals surface area contributed by atoms with Crippen LogP contribution in [0.3, 0.4) is 0 Å². The smallest absolute Gasteiger partial charge is 0.318 e. The van der Waals surface area contributed by atoms with E-state index in [9.17, 15) is 4.79 Å². The van der Waals surface area contributed by atoms with Gasteiger partial charge < -0.3 is 15.4 Å². The minimum atomic E-state index is -0.155. The maximum absolute atomic E-state index is 11.2. The van der Waals surface area contributed by atoms with Gasteiger partial charge in [0.25, 0.3) is 0 Å². The first-order chi connectivity index (χ1) is 7.15. The molecule has 1 aromatic rings. The molecule has 0 saturated carbocycles. The molecular weight excluding hydrogens is 196 g/mol. The molecule has 0 fully saturated rings. The molecule has 1 rings (SSSR count). The molecule has 0 aromatic carbocycles. The second-order valence-electron chi connectivity index (χ2n) is 2.96. The average Bonchev–Trinajstić information content (AvgIpc) is 2.17. The molecule has 6 heteroatoms. The molecule has 6 nitrogen and oxygen atoms in total. The van der Waals surface area contributed by atoms with Gasteiger partial charge in [0.15, 0.2) is 0 Å². The lowest BCUT2D eigenvalue weighted by Gasteiger charge is -2.06. The van der Waals surface area contributed by atoms with Crippen molar-refractivity contribution in [1.29, 1.82) is 0 Å². The van der Waals surface area contributed by atoms with Crippen molar-refractivity contribution < 1.29 is 9.53 Å². The molecule has 0 saturated heterocycles. The van der Waals surface area contributed by atoms with Crippen molar-refractivity contribution >= 4 is 11.7 Å². The molecule has 0 atom stereocenters. The first-order valence-corrected chi connectivity index (χ1v) is 4.50. The molecule has 2 N–H and O–H groups in total. The molecule has 0 spiro atoms. The van der Waals surface area contributed by atoms with Crippen LogP contribution >= 0.6 is 0 Å². The van der Waals surface area contributed by atoms with Gasteiger partial charge >= 0.3 is 6.01 Å². The van der Waals surface area contributed by atoms with Crippen LogP contribution in [0.2, 0.25) is 0 Å². The Balaban J connectivity index is 2.76. The van der Waals surface area contributed by atoms with E-state index in [1.54, 1.807) is 20.0 Å². The number of aryl methyl sites for hydroxylation is 1. The highest BCUT2D eigenvalue weighted by Crippen LogP contribution is 2.10. The van der Waals surface area contributed by atoms with Crippen LogP contribution in [0, 0.1) is 6.92 Å². The lowest BCUT2D eigenvalue weighted by molar-refractivity contribution is -0.115. The lowest BCUT2D eigenvalue weighted by atomic mass is 10.4. The molecule has 1 amide bonds. The van der Waals surface area contributed by atoms with Crippen LogP contribution < -0.4 is 15.4 Å². The van der Waals surface area contributed by atoms with Crippen molar-refractivity contribution in [2.24, 2.45) is 0 Å². The number of rotatable bonds is 4. The lowest BCUT2D eigenvalue weighted by Crippen LogP contribution is -2.25. The van der Waals surface area contributed by atoms with Crippen LogP contribution in [0.4, 0.5) is 5.82 Å². The van der Waals surface area contributed by atoms with E-state index in [0.717, 1.165) is 5.69 Å². The van der Waals surface area contributed by atoms with Gasteiger partial charge in [-0.3, -0.25) is 4.79 Å².